The molecule has 1 saturated carbocycles. The van der Waals surface area contributed by atoms with E-state index < -0.39 is 0 Å². The number of benzene rings is 1. The van der Waals surface area contributed by atoms with Crippen LogP contribution < -0.4 is 0 Å². The normalized spacial score (nSPS) is 17.4. The lowest BCUT2D eigenvalue weighted by Gasteiger charge is -2.27. The van der Waals surface area contributed by atoms with Crippen LogP contribution in [0.5, 0.6) is 5.75 Å². The molecule has 1 N–H and O–H groups in total. The molecule has 0 spiro atoms. The van der Waals surface area contributed by atoms with Crippen molar-refractivity contribution in [2.24, 2.45) is 5.92 Å². The van der Waals surface area contributed by atoms with Gasteiger partial charge in [0, 0.05) is 0 Å². The fourth-order valence-electron chi connectivity index (χ4n) is 3.25. The molecule has 1 heteroatoms. The maximum Gasteiger partial charge on any atom is 0.115 e. The van der Waals surface area contributed by atoms with Gasteiger partial charge in [0.2, 0.25) is 0 Å². The van der Waals surface area contributed by atoms with Gasteiger partial charge >= 0.3 is 0 Å². The molecular weight excluding hydrogens is 208 g/mol. The van der Waals surface area contributed by atoms with Crippen LogP contribution in [0.2, 0.25) is 0 Å². The van der Waals surface area contributed by atoms with Crippen LogP contribution in [-0.4, -0.2) is 5.11 Å². The van der Waals surface area contributed by atoms with Gasteiger partial charge < -0.3 is 5.11 Å². The Balaban J connectivity index is 2.19. The lowest BCUT2D eigenvalue weighted by atomic mass is 9.77. The van der Waals surface area contributed by atoms with Gasteiger partial charge in [-0.2, -0.15) is 0 Å². The molecule has 1 aromatic rings. The summed E-state index contributed by atoms with van der Waals surface area (Å²) in [6, 6.07) is 7.93. The summed E-state index contributed by atoms with van der Waals surface area (Å²) >= 11 is 0. The Labute approximate surface area is 105 Å². The minimum absolute atomic E-state index is 0.382. The molecule has 0 saturated heterocycles. The Hall–Kier alpha value is -0.980. The molecule has 94 valence electrons. The van der Waals surface area contributed by atoms with Crippen LogP contribution >= 0.6 is 0 Å². The van der Waals surface area contributed by atoms with Crippen molar-refractivity contribution in [3.8, 4) is 5.75 Å². The van der Waals surface area contributed by atoms with E-state index in [4.69, 9.17) is 0 Å². The van der Waals surface area contributed by atoms with E-state index in [0.717, 1.165) is 5.92 Å². The van der Waals surface area contributed by atoms with Crippen molar-refractivity contribution >= 4 is 0 Å². The molecule has 1 aliphatic carbocycles. The maximum absolute atomic E-state index is 9.39. The first kappa shape index (κ1) is 12.5. The third-order valence-corrected chi connectivity index (χ3v) is 4.29. The second-order valence-electron chi connectivity index (χ2n) is 5.48. The third kappa shape index (κ3) is 2.48. The predicted octanol–water partition coefficient (Wildman–Crippen LogP) is 4.64. The molecule has 1 fully saturated rings. The van der Waals surface area contributed by atoms with Gasteiger partial charge in [0.05, 0.1) is 0 Å². The highest BCUT2D eigenvalue weighted by molar-refractivity contribution is 5.36. The number of hydrogen-bond donors (Lipinski definition) is 1. The first-order valence-electron chi connectivity index (χ1n) is 7.02. The van der Waals surface area contributed by atoms with Gasteiger partial charge in [-0.05, 0) is 54.7 Å². The summed E-state index contributed by atoms with van der Waals surface area (Å²) in [5.74, 6) is 1.22. The standard InChI is InChI=1S/C16H24O/c1-3-5-13(6-4-2)16(11-12-16)14-7-9-15(17)10-8-14/h7-10,13,17H,3-6,11-12H2,1-2H3. The van der Waals surface area contributed by atoms with Crippen LogP contribution in [0.1, 0.15) is 57.9 Å². The second kappa shape index (κ2) is 5.12. The SMILES string of the molecule is CCCC(CCC)C1(c2ccc(O)cc2)CC1. The number of rotatable bonds is 6. The lowest BCUT2D eigenvalue weighted by Crippen LogP contribution is -2.20. The predicted molar refractivity (Wildman–Crippen MR) is 72.3 cm³/mol. The molecule has 0 unspecified atom stereocenters. The molecule has 0 heterocycles. The number of hydrogen-bond acceptors (Lipinski definition) is 1. The molecule has 0 bridgehead atoms. The molecule has 0 atom stereocenters. The summed E-state index contributed by atoms with van der Waals surface area (Å²) in [5, 5.41) is 9.39. The fourth-order valence-corrected chi connectivity index (χ4v) is 3.25. The zero-order valence-electron chi connectivity index (χ0n) is 11.1. The zero-order chi connectivity index (χ0) is 12.3. The van der Waals surface area contributed by atoms with E-state index in [0.29, 0.717) is 11.2 Å². The van der Waals surface area contributed by atoms with E-state index in [-0.39, 0.29) is 0 Å². The molecule has 1 aromatic carbocycles. The van der Waals surface area contributed by atoms with Crippen molar-refractivity contribution in [3.63, 3.8) is 0 Å². The number of phenolic OH excluding ortho intramolecular Hbond substituents is 1. The Kier molecular flexibility index (Phi) is 3.76. The van der Waals surface area contributed by atoms with Crippen LogP contribution in [-0.2, 0) is 5.41 Å². The van der Waals surface area contributed by atoms with Gasteiger partial charge in [-0.1, -0.05) is 38.8 Å². The summed E-state index contributed by atoms with van der Waals surface area (Å²) in [4.78, 5) is 0. The summed E-state index contributed by atoms with van der Waals surface area (Å²) in [6.45, 7) is 4.57. The van der Waals surface area contributed by atoms with Crippen molar-refractivity contribution in [2.45, 2.75) is 57.8 Å². The van der Waals surface area contributed by atoms with Gasteiger partial charge in [-0.3, -0.25) is 0 Å². The molecule has 1 nitrogen and oxygen atoms in total. The molecule has 0 aromatic heterocycles. The monoisotopic (exact) mass is 232 g/mol. The van der Waals surface area contributed by atoms with E-state index in [1.54, 1.807) is 0 Å². The second-order valence-corrected chi connectivity index (χ2v) is 5.48. The smallest absolute Gasteiger partial charge is 0.115 e. The average Bonchev–Trinajstić information content (AvgIpc) is 3.11. The van der Waals surface area contributed by atoms with E-state index >= 15 is 0 Å². The van der Waals surface area contributed by atoms with Crippen LogP contribution in [0, 0.1) is 5.92 Å². The first-order chi connectivity index (χ1) is 8.23. The quantitative estimate of drug-likeness (QED) is 0.757. The van der Waals surface area contributed by atoms with Gasteiger partial charge in [0.25, 0.3) is 0 Å². The highest BCUT2D eigenvalue weighted by atomic mass is 16.3. The van der Waals surface area contributed by atoms with Gasteiger partial charge in [-0.25, -0.2) is 0 Å². The van der Waals surface area contributed by atoms with E-state index in [2.05, 4.69) is 26.0 Å². The van der Waals surface area contributed by atoms with Crippen molar-refractivity contribution in [3.05, 3.63) is 29.8 Å². The van der Waals surface area contributed by atoms with E-state index in [1.807, 2.05) is 12.1 Å². The molecule has 0 aliphatic heterocycles. The Morgan fingerprint density at radius 2 is 1.59 bits per heavy atom. The highest BCUT2D eigenvalue weighted by Crippen LogP contribution is 2.56. The summed E-state index contributed by atoms with van der Waals surface area (Å²) in [5.41, 5.74) is 1.89. The van der Waals surface area contributed by atoms with Crippen LogP contribution in [0.25, 0.3) is 0 Å². The summed E-state index contributed by atoms with van der Waals surface area (Å²) in [6.07, 6.45) is 7.92. The number of aromatic hydroxyl groups is 1. The zero-order valence-corrected chi connectivity index (χ0v) is 11.1. The molecule has 17 heavy (non-hydrogen) atoms. The molecule has 2 rings (SSSR count). The molecular formula is C16H24O. The van der Waals surface area contributed by atoms with Gasteiger partial charge in [0.1, 0.15) is 5.75 Å². The van der Waals surface area contributed by atoms with Crippen molar-refractivity contribution in [1.82, 2.24) is 0 Å². The number of phenols is 1. The van der Waals surface area contributed by atoms with Gasteiger partial charge in [0.15, 0.2) is 0 Å². The van der Waals surface area contributed by atoms with E-state index in [1.165, 1.54) is 44.1 Å². The average molecular weight is 232 g/mol. The third-order valence-electron chi connectivity index (χ3n) is 4.29. The highest BCUT2D eigenvalue weighted by Gasteiger charge is 2.49. The molecule has 0 radical (unpaired) electrons. The van der Waals surface area contributed by atoms with E-state index in [9.17, 15) is 5.11 Å². The topological polar surface area (TPSA) is 20.2 Å². The fraction of sp³-hybridized carbons (Fsp3) is 0.625. The van der Waals surface area contributed by atoms with Crippen LogP contribution in [0.4, 0.5) is 0 Å². The lowest BCUT2D eigenvalue weighted by molar-refractivity contribution is 0.344. The van der Waals surface area contributed by atoms with Gasteiger partial charge in [-0.15, -0.1) is 0 Å². The minimum Gasteiger partial charge on any atom is -0.508 e. The first-order valence-corrected chi connectivity index (χ1v) is 7.02. The molecule has 0 amide bonds. The maximum atomic E-state index is 9.39. The van der Waals surface area contributed by atoms with Crippen molar-refractivity contribution in [1.29, 1.82) is 0 Å². The molecule has 1 aliphatic rings. The summed E-state index contributed by atoms with van der Waals surface area (Å²) < 4.78 is 0. The Morgan fingerprint density at radius 3 is 2.00 bits per heavy atom. The van der Waals surface area contributed by atoms with Crippen LogP contribution in [0.15, 0.2) is 24.3 Å². The van der Waals surface area contributed by atoms with Crippen molar-refractivity contribution in [2.75, 3.05) is 0 Å². The van der Waals surface area contributed by atoms with Crippen molar-refractivity contribution < 1.29 is 5.11 Å². The summed E-state index contributed by atoms with van der Waals surface area (Å²) in [7, 11) is 0. The minimum atomic E-state index is 0.382. The largest absolute Gasteiger partial charge is 0.508 e. The Bertz CT molecular complexity index is 342. The van der Waals surface area contributed by atoms with Crippen LogP contribution in [0.3, 0.4) is 0 Å². The Morgan fingerprint density at radius 1 is 1.06 bits per heavy atom.